The molecule has 5 rings (SSSR count). The van der Waals surface area contributed by atoms with E-state index in [0.717, 1.165) is 27.5 Å². The topological polar surface area (TPSA) is 114 Å². The second-order valence-electron chi connectivity index (χ2n) is 7.76. The van der Waals surface area contributed by atoms with Gasteiger partial charge in [0.2, 0.25) is 11.8 Å². The van der Waals surface area contributed by atoms with Crippen molar-refractivity contribution in [1.82, 2.24) is 14.5 Å². The molecule has 0 saturated heterocycles. The van der Waals surface area contributed by atoms with Crippen molar-refractivity contribution < 1.29 is 14.0 Å². The summed E-state index contributed by atoms with van der Waals surface area (Å²) >= 11 is 0. The monoisotopic (exact) mass is 437 g/mol. The standard InChI is InChI=1S/C25H19N5O3/c1-14(31)22-15(2)33-25(17(22)13-26)29-21(32)11-12-30-20-10-6-3-7-16(20)23-24(30)28-19-9-5-4-8-18(19)27-23/h3-10H,11-12H2,1-2H3,(H,29,32). The van der Waals surface area contributed by atoms with E-state index in [1.54, 1.807) is 6.92 Å². The van der Waals surface area contributed by atoms with Crippen LogP contribution in [-0.4, -0.2) is 26.2 Å². The summed E-state index contributed by atoms with van der Waals surface area (Å²) in [7, 11) is 0. The molecule has 3 aromatic heterocycles. The molecule has 0 spiro atoms. The number of aromatic nitrogens is 3. The van der Waals surface area contributed by atoms with Gasteiger partial charge >= 0.3 is 0 Å². The van der Waals surface area contributed by atoms with Crippen LogP contribution in [0.15, 0.2) is 52.9 Å². The maximum Gasteiger partial charge on any atom is 0.228 e. The van der Waals surface area contributed by atoms with Gasteiger partial charge in [-0.15, -0.1) is 0 Å². The third kappa shape index (κ3) is 3.40. The number of carbonyl (C=O) groups excluding carboxylic acids is 2. The Balaban J connectivity index is 1.48. The Morgan fingerprint density at radius 2 is 1.79 bits per heavy atom. The van der Waals surface area contributed by atoms with E-state index in [1.165, 1.54) is 6.92 Å². The van der Waals surface area contributed by atoms with Gasteiger partial charge in [-0.1, -0.05) is 30.3 Å². The number of Topliss-reactive ketones (excluding diaryl/α,β-unsaturated/α-hetero) is 1. The molecule has 0 unspecified atom stereocenters. The van der Waals surface area contributed by atoms with Crippen LogP contribution < -0.4 is 5.32 Å². The van der Waals surface area contributed by atoms with Gasteiger partial charge < -0.3 is 8.98 Å². The van der Waals surface area contributed by atoms with E-state index in [4.69, 9.17) is 14.4 Å². The lowest BCUT2D eigenvalue weighted by atomic mass is 10.1. The average Bonchev–Trinajstić information content (AvgIpc) is 3.29. The number of rotatable bonds is 5. The Kier molecular flexibility index (Phi) is 4.87. The highest BCUT2D eigenvalue weighted by atomic mass is 16.4. The molecule has 1 amide bonds. The lowest BCUT2D eigenvalue weighted by Gasteiger charge is -2.07. The number of anilines is 1. The Morgan fingerprint density at radius 3 is 2.52 bits per heavy atom. The largest absolute Gasteiger partial charge is 0.443 e. The lowest BCUT2D eigenvalue weighted by molar-refractivity contribution is -0.116. The van der Waals surface area contributed by atoms with Crippen molar-refractivity contribution in [2.45, 2.75) is 26.8 Å². The molecule has 1 N–H and O–H groups in total. The van der Waals surface area contributed by atoms with Gasteiger partial charge in [0.15, 0.2) is 11.4 Å². The molecule has 2 aromatic carbocycles. The molecule has 33 heavy (non-hydrogen) atoms. The number of nitrogens with one attached hydrogen (secondary N) is 1. The molecule has 0 aliphatic heterocycles. The highest BCUT2D eigenvalue weighted by Gasteiger charge is 2.22. The Bertz CT molecular complexity index is 1620. The predicted molar refractivity (Wildman–Crippen MR) is 124 cm³/mol. The summed E-state index contributed by atoms with van der Waals surface area (Å²) in [6.45, 7) is 3.30. The molecule has 0 saturated carbocycles. The number of fused-ring (bicyclic) bond motifs is 4. The first-order valence-electron chi connectivity index (χ1n) is 10.5. The number of amides is 1. The molecule has 3 heterocycles. The number of hydrogen-bond donors (Lipinski definition) is 1. The maximum absolute atomic E-state index is 12.7. The second-order valence-corrected chi connectivity index (χ2v) is 7.76. The van der Waals surface area contributed by atoms with Crippen LogP contribution in [-0.2, 0) is 11.3 Å². The van der Waals surface area contributed by atoms with Gasteiger partial charge in [-0.25, -0.2) is 9.97 Å². The van der Waals surface area contributed by atoms with Crippen molar-refractivity contribution in [3.05, 3.63) is 65.4 Å². The van der Waals surface area contributed by atoms with Crippen LogP contribution in [0.1, 0.15) is 35.0 Å². The van der Waals surface area contributed by atoms with Gasteiger partial charge in [0.05, 0.1) is 22.1 Å². The molecule has 0 fully saturated rings. The molecule has 0 atom stereocenters. The summed E-state index contributed by atoms with van der Waals surface area (Å²) < 4.78 is 7.47. The van der Waals surface area contributed by atoms with Crippen LogP contribution in [0.2, 0.25) is 0 Å². The van der Waals surface area contributed by atoms with Crippen molar-refractivity contribution in [2.75, 3.05) is 5.32 Å². The van der Waals surface area contributed by atoms with Crippen molar-refractivity contribution in [3.8, 4) is 6.07 Å². The van der Waals surface area contributed by atoms with Gasteiger partial charge in [-0.2, -0.15) is 5.26 Å². The first-order valence-corrected chi connectivity index (χ1v) is 10.5. The number of furan rings is 1. The molecular weight excluding hydrogens is 418 g/mol. The van der Waals surface area contributed by atoms with Gasteiger partial charge in [0, 0.05) is 18.4 Å². The third-order valence-corrected chi connectivity index (χ3v) is 5.62. The average molecular weight is 437 g/mol. The summed E-state index contributed by atoms with van der Waals surface area (Å²) in [6, 6.07) is 17.5. The van der Waals surface area contributed by atoms with Gasteiger partial charge in [0.25, 0.3) is 0 Å². The number of aryl methyl sites for hydroxylation is 2. The van der Waals surface area contributed by atoms with Crippen LogP contribution in [0.4, 0.5) is 5.88 Å². The first-order chi connectivity index (χ1) is 16.0. The zero-order valence-electron chi connectivity index (χ0n) is 18.0. The van der Waals surface area contributed by atoms with Crippen LogP contribution in [0.5, 0.6) is 0 Å². The van der Waals surface area contributed by atoms with Crippen LogP contribution >= 0.6 is 0 Å². The van der Waals surface area contributed by atoms with E-state index in [2.05, 4.69) is 5.32 Å². The van der Waals surface area contributed by atoms with E-state index in [1.807, 2.05) is 59.2 Å². The zero-order chi connectivity index (χ0) is 23.1. The summed E-state index contributed by atoms with van der Waals surface area (Å²) in [5.41, 5.74) is 4.24. The predicted octanol–water partition coefficient (Wildman–Crippen LogP) is 4.74. The number of hydrogen-bond acceptors (Lipinski definition) is 6. The van der Waals surface area contributed by atoms with E-state index in [9.17, 15) is 14.9 Å². The van der Waals surface area contributed by atoms with Crippen molar-refractivity contribution in [3.63, 3.8) is 0 Å². The molecule has 5 aromatic rings. The van der Waals surface area contributed by atoms with Gasteiger partial charge in [-0.3, -0.25) is 14.9 Å². The minimum Gasteiger partial charge on any atom is -0.443 e. The zero-order valence-corrected chi connectivity index (χ0v) is 18.0. The fraction of sp³-hybridized carbons (Fsp3) is 0.160. The number of nitrogens with zero attached hydrogens (tertiary/aromatic N) is 4. The Labute approximate surface area is 188 Å². The summed E-state index contributed by atoms with van der Waals surface area (Å²) in [6.07, 6.45) is 0.113. The molecule has 0 aliphatic rings. The molecule has 8 nitrogen and oxygen atoms in total. The minimum atomic E-state index is -0.338. The number of ketones is 1. The maximum atomic E-state index is 12.7. The van der Waals surface area contributed by atoms with Crippen molar-refractivity contribution in [2.24, 2.45) is 0 Å². The molecule has 8 heteroatoms. The molecular formula is C25H19N5O3. The van der Waals surface area contributed by atoms with E-state index < -0.39 is 0 Å². The summed E-state index contributed by atoms with van der Waals surface area (Å²) in [5.74, 6) is -0.323. The smallest absolute Gasteiger partial charge is 0.228 e. The Hall–Kier alpha value is -4.51. The third-order valence-electron chi connectivity index (χ3n) is 5.62. The molecule has 0 aliphatic carbocycles. The number of benzene rings is 2. The van der Waals surface area contributed by atoms with Gasteiger partial charge in [0.1, 0.15) is 22.9 Å². The Morgan fingerprint density at radius 1 is 1.09 bits per heavy atom. The van der Waals surface area contributed by atoms with Crippen molar-refractivity contribution in [1.29, 1.82) is 5.26 Å². The number of nitriles is 1. The highest BCUT2D eigenvalue weighted by molar-refractivity contribution is 6.06. The second kappa shape index (κ2) is 7.88. The SMILES string of the molecule is CC(=O)c1c(C)oc(NC(=O)CCn2c3ccccc3c3nc4ccccc4nc32)c1C#N. The minimum absolute atomic E-state index is 0.00166. The van der Waals surface area contributed by atoms with E-state index >= 15 is 0 Å². The first kappa shape index (κ1) is 20.4. The number of para-hydroxylation sites is 3. The molecule has 0 bridgehead atoms. The van der Waals surface area contributed by atoms with E-state index in [-0.39, 0.29) is 35.1 Å². The van der Waals surface area contributed by atoms with Crippen molar-refractivity contribution >= 4 is 50.7 Å². The quantitative estimate of drug-likeness (QED) is 0.397. The van der Waals surface area contributed by atoms with Crippen LogP contribution in [0.25, 0.3) is 33.1 Å². The van der Waals surface area contributed by atoms with E-state index in [0.29, 0.717) is 18.0 Å². The molecule has 162 valence electrons. The summed E-state index contributed by atoms with van der Waals surface area (Å²) in [5, 5.41) is 13.0. The van der Waals surface area contributed by atoms with Gasteiger partial charge in [-0.05, 0) is 32.0 Å². The van der Waals surface area contributed by atoms with Crippen LogP contribution in [0.3, 0.4) is 0 Å². The highest BCUT2D eigenvalue weighted by Crippen LogP contribution is 2.29. The molecule has 0 radical (unpaired) electrons. The normalized spacial score (nSPS) is 11.2. The fourth-order valence-electron chi connectivity index (χ4n) is 4.18. The fourth-order valence-corrected chi connectivity index (χ4v) is 4.18. The number of carbonyl (C=O) groups is 2. The summed E-state index contributed by atoms with van der Waals surface area (Å²) in [4.78, 5) is 34.2. The van der Waals surface area contributed by atoms with Crippen LogP contribution in [0, 0.1) is 18.3 Å². The lowest BCUT2D eigenvalue weighted by Crippen LogP contribution is -2.15.